The van der Waals surface area contributed by atoms with Crippen LogP contribution in [0.3, 0.4) is 0 Å². The highest BCUT2D eigenvalue weighted by atomic mass is 16.4. The van der Waals surface area contributed by atoms with Crippen molar-refractivity contribution in [3.63, 3.8) is 0 Å². The number of carbonyl (C=O) groups excluding carboxylic acids is 2. The molecule has 1 atom stereocenters. The first kappa shape index (κ1) is 12.6. The van der Waals surface area contributed by atoms with E-state index < -0.39 is 17.4 Å². The van der Waals surface area contributed by atoms with Crippen LogP contribution in [0.1, 0.15) is 20.8 Å². The Bertz CT molecular complexity index is 338. The molecule has 16 heavy (non-hydrogen) atoms. The molecule has 0 spiro atoms. The summed E-state index contributed by atoms with van der Waals surface area (Å²) in [6.07, 6.45) is 0. The fourth-order valence-corrected chi connectivity index (χ4v) is 1.54. The lowest BCUT2D eigenvalue weighted by Crippen LogP contribution is -2.59. The predicted octanol–water partition coefficient (Wildman–Crippen LogP) is -0.556. The van der Waals surface area contributed by atoms with Crippen molar-refractivity contribution in [3.05, 3.63) is 0 Å². The molecule has 0 bridgehead atoms. The number of carboxylic acids is 1. The van der Waals surface area contributed by atoms with Gasteiger partial charge in [0.1, 0.15) is 0 Å². The molecular formula is C10H16N2O4. The average Bonchev–Trinajstić information content (AvgIpc) is 2.12. The third-order valence-corrected chi connectivity index (χ3v) is 2.71. The Morgan fingerprint density at radius 2 is 2.12 bits per heavy atom. The fourth-order valence-electron chi connectivity index (χ4n) is 1.54. The molecule has 0 aromatic carbocycles. The standard InChI is InChI=1S/C10H16N2O4/c1-6-8(14)11-7(13)4-12(6)5-10(2,3)9(15)16/h6H,4-5H2,1-3H3,(H,15,16)(H,11,13,14). The number of hydrogen-bond acceptors (Lipinski definition) is 4. The summed E-state index contributed by atoms with van der Waals surface area (Å²) in [5.74, 6) is -1.71. The van der Waals surface area contributed by atoms with Crippen LogP contribution >= 0.6 is 0 Å². The van der Waals surface area contributed by atoms with Crippen LogP contribution in [0.2, 0.25) is 0 Å². The number of carboxylic acid groups (broad SMARTS) is 1. The molecule has 2 amide bonds. The van der Waals surface area contributed by atoms with E-state index in [4.69, 9.17) is 5.11 Å². The number of aliphatic carboxylic acids is 1. The highest BCUT2D eigenvalue weighted by Crippen LogP contribution is 2.19. The van der Waals surface area contributed by atoms with Crippen LogP contribution in [-0.2, 0) is 14.4 Å². The number of piperazine rings is 1. The number of amides is 2. The SMILES string of the molecule is CC1C(=O)NC(=O)CN1CC(C)(C)C(=O)O. The third kappa shape index (κ3) is 2.57. The Balaban J connectivity index is 2.76. The molecule has 0 aromatic rings. The van der Waals surface area contributed by atoms with Gasteiger partial charge in [-0.3, -0.25) is 24.6 Å². The van der Waals surface area contributed by atoms with Gasteiger partial charge in [0.25, 0.3) is 0 Å². The van der Waals surface area contributed by atoms with Gasteiger partial charge in [0, 0.05) is 6.54 Å². The van der Waals surface area contributed by atoms with Crippen molar-refractivity contribution in [2.45, 2.75) is 26.8 Å². The number of rotatable bonds is 3. The van der Waals surface area contributed by atoms with Crippen molar-refractivity contribution in [2.24, 2.45) is 5.41 Å². The van der Waals surface area contributed by atoms with Gasteiger partial charge in [0.2, 0.25) is 11.8 Å². The predicted molar refractivity (Wildman–Crippen MR) is 55.6 cm³/mol. The molecular weight excluding hydrogens is 212 g/mol. The largest absolute Gasteiger partial charge is 0.481 e. The minimum atomic E-state index is -0.980. The van der Waals surface area contributed by atoms with Gasteiger partial charge in [0.15, 0.2) is 0 Å². The van der Waals surface area contributed by atoms with Crippen molar-refractivity contribution in [3.8, 4) is 0 Å². The monoisotopic (exact) mass is 228 g/mol. The van der Waals surface area contributed by atoms with Gasteiger partial charge in [0.05, 0.1) is 18.0 Å². The number of nitrogens with zero attached hydrogens (tertiary/aromatic N) is 1. The molecule has 2 N–H and O–H groups in total. The minimum Gasteiger partial charge on any atom is -0.481 e. The number of hydrogen-bond donors (Lipinski definition) is 2. The Morgan fingerprint density at radius 1 is 1.56 bits per heavy atom. The molecule has 90 valence electrons. The third-order valence-electron chi connectivity index (χ3n) is 2.71. The lowest BCUT2D eigenvalue weighted by atomic mass is 9.92. The first-order valence-electron chi connectivity index (χ1n) is 5.05. The molecule has 1 aliphatic heterocycles. The summed E-state index contributed by atoms with van der Waals surface area (Å²) < 4.78 is 0. The molecule has 0 saturated carbocycles. The van der Waals surface area contributed by atoms with Crippen LogP contribution in [0, 0.1) is 5.41 Å². The van der Waals surface area contributed by atoms with Crippen LogP contribution in [0.25, 0.3) is 0 Å². The summed E-state index contributed by atoms with van der Waals surface area (Å²) in [5.41, 5.74) is -0.980. The van der Waals surface area contributed by atoms with Crippen LogP contribution in [0.4, 0.5) is 0 Å². The van der Waals surface area contributed by atoms with Gasteiger partial charge in [-0.15, -0.1) is 0 Å². The zero-order valence-corrected chi connectivity index (χ0v) is 9.61. The molecule has 1 rings (SSSR count). The Hall–Kier alpha value is -1.43. The quantitative estimate of drug-likeness (QED) is 0.632. The van der Waals surface area contributed by atoms with E-state index in [-0.39, 0.29) is 24.9 Å². The summed E-state index contributed by atoms with van der Waals surface area (Å²) in [4.78, 5) is 35.0. The van der Waals surface area contributed by atoms with Gasteiger partial charge < -0.3 is 5.11 Å². The summed E-state index contributed by atoms with van der Waals surface area (Å²) >= 11 is 0. The van der Waals surface area contributed by atoms with Gasteiger partial charge >= 0.3 is 5.97 Å². The van der Waals surface area contributed by atoms with E-state index in [9.17, 15) is 14.4 Å². The van der Waals surface area contributed by atoms with E-state index in [0.717, 1.165) is 0 Å². The maximum absolute atomic E-state index is 11.3. The lowest BCUT2D eigenvalue weighted by molar-refractivity contribution is -0.151. The second-order valence-electron chi connectivity index (χ2n) is 4.68. The first-order chi connectivity index (χ1) is 7.24. The van der Waals surface area contributed by atoms with E-state index in [1.165, 1.54) is 0 Å². The van der Waals surface area contributed by atoms with Crippen molar-refractivity contribution in [2.75, 3.05) is 13.1 Å². The normalized spacial score (nSPS) is 23.1. The van der Waals surface area contributed by atoms with Gasteiger partial charge in [-0.05, 0) is 20.8 Å². The average molecular weight is 228 g/mol. The summed E-state index contributed by atoms with van der Waals surface area (Å²) in [5, 5.41) is 11.2. The molecule has 1 aliphatic rings. The van der Waals surface area contributed by atoms with Crippen molar-refractivity contribution in [1.82, 2.24) is 10.2 Å². The minimum absolute atomic E-state index is 0.0591. The highest BCUT2D eigenvalue weighted by molar-refractivity contribution is 6.00. The smallest absolute Gasteiger partial charge is 0.310 e. The maximum Gasteiger partial charge on any atom is 0.310 e. The molecule has 6 heteroatoms. The van der Waals surface area contributed by atoms with E-state index in [1.807, 2.05) is 0 Å². The molecule has 1 saturated heterocycles. The van der Waals surface area contributed by atoms with E-state index >= 15 is 0 Å². The van der Waals surface area contributed by atoms with Crippen molar-refractivity contribution in [1.29, 1.82) is 0 Å². The van der Waals surface area contributed by atoms with Gasteiger partial charge in [-0.1, -0.05) is 0 Å². The van der Waals surface area contributed by atoms with E-state index in [0.29, 0.717) is 0 Å². The number of imide groups is 1. The van der Waals surface area contributed by atoms with Crippen LogP contribution in [0.5, 0.6) is 0 Å². The van der Waals surface area contributed by atoms with Crippen LogP contribution in [-0.4, -0.2) is 46.9 Å². The Kier molecular flexibility index (Phi) is 3.32. The first-order valence-corrected chi connectivity index (χ1v) is 5.05. The second-order valence-corrected chi connectivity index (χ2v) is 4.68. The molecule has 1 fully saturated rings. The molecule has 0 aliphatic carbocycles. The van der Waals surface area contributed by atoms with Crippen LogP contribution < -0.4 is 5.32 Å². The molecule has 0 radical (unpaired) electrons. The summed E-state index contributed by atoms with van der Waals surface area (Å²) in [6.45, 7) is 5.02. The van der Waals surface area contributed by atoms with Gasteiger partial charge in [-0.2, -0.15) is 0 Å². The summed E-state index contributed by atoms with van der Waals surface area (Å²) in [6, 6.07) is -0.476. The zero-order chi connectivity index (χ0) is 12.5. The highest BCUT2D eigenvalue weighted by Gasteiger charge is 2.37. The van der Waals surface area contributed by atoms with Gasteiger partial charge in [-0.25, -0.2) is 0 Å². The molecule has 1 unspecified atom stereocenters. The van der Waals surface area contributed by atoms with Crippen LogP contribution in [0.15, 0.2) is 0 Å². The number of carbonyl (C=O) groups is 3. The fraction of sp³-hybridized carbons (Fsp3) is 0.700. The maximum atomic E-state index is 11.3. The van der Waals surface area contributed by atoms with E-state index in [1.54, 1.807) is 25.7 Å². The van der Waals surface area contributed by atoms with Crippen molar-refractivity contribution < 1.29 is 19.5 Å². The second kappa shape index (κ2) is 4.21. The topological polar surface area (TPSA) is 86.7 Å². The zero-order valence-electron chi connectivity index (χ0n) is 9.61. The summed E-state index contributed by atoms with van der Waals surface area (Å²) in [7, 11) is 0. The van der Waals surface area contributed by atoms with E-state index in [2.05, 4.69) is 5.32 Å². The Labute approximate surface area is 93.6 Å². The lowest BCUT2D eigenvalue weighted by Gasteiger charge is -2.35. The number of nitrogens with one attached hydrogen (secondary N) is 1. The molecule has 6 nitrogen and oxygen atoms in total. The molecule has 1 heterocycles. The van der Waals surface area contributed by atoms with Crippen molar-refractivity contribution >= 4 is 17.8 Å². The Morgan fingerprint density at radius 3 is 2.62 bits per heavy atom. The molecule has 0 aromatic heterocycles.